The average Bonchev–Trinajstić information content (AvgIpc) is 3.89. The molecule has 4 saturated heterocycles. The van der Waals surface area contributed by atoms with Gasteiger partial charge < -0.3 is 61.9 Å². The van der Waals surface area contributed by atoms with Gasteiger partial charge in [0.05, 0.1) is 6.61 Å². The van der Waals surface area contributed by atoms with Crippen molar-refractivity contribution in [2.45, 2.75) is 270 Å². The third-order valence-electron chi connectivity index (χ3n) is 11.8. The van der Waals surface area contributed by atoms with E-state index in [4.69, 9.17) is 56.8 Å². The third-order valence-corrected chi connectivity index (χ3v) is 11.8. The molecule has 17 nitrogen and oxygen atoms in total. The molecule has 0 aliphatic carbocycles. The minimum absolute atomic E-state index is 0.0305. The van der Waals surface area contributed by atoms with Crippen molar-refractivity contribution >= 4 is 23.9 Å². The zero-order chi connectivity index (χ0) is 47.8. The maximum absolute atomic E-state index is 13.8. The molecular formula is C48H82O17. The molecule has 376 valence electrons. The average molecular weight is 931 g/mol. The Balaban J connectivity index is 1.73. The molecule has 0 aromatic rings. The summed E-state index contributed by atoms with van der Waals surface area (Å²) in [5.41, 5.74) is 0. The van der Waals surface area contributed by atoms with Crippen LogP contribution in [0.25, 0.3) is 0 Å². The van der Waals surface area contributed by atoms with Crippen LogP contribution in [0.2, 0.25) is 0 Å². The van der Waals surface area contributed by atoms with E-state index >= 15 is 0 Å². The first-order chi connectivity index (χ1) is 30.8. The lowest BCUT2D eigenvalue weighted by Gasteiger charge is -2.45. The lowest BCUT2D eigenvalue weighted by molar-refractivity contribution is -0.347. The molecule has 1 unspecified atom stereocenters. The van der Waals surface area contributed by atoms with Gasteiger partial charge in [-0.2, -0.15) is 0 Å². The molecule has 0 bridgehead atoms. The third kappa shape index (κ3) is 17.5. The summed E-state index contributed by atoms with van der Waals surface area (Å²) in [6, 6.07) is 0. The summed E-state index contributed by atoms with van der Waals surface area (Å²) < 4.78 is 74.6. The zero-order valence-electron chi connectivity index (χ0n) is 41.0. The zero-order valence-corrected chi connectivity index (χ0v) is 41.0. The van der Waals surface area contributed by atoms with Gasteiger partial charge in [0.1, 0.15) is 43.2 Å². The minimum atomic E-state index is -1.86. The van der Waals surface area contributed by atoms with Gasteiger partial charge in [-0.25, -0.2) is 0 Å². The van der Waals surface area contributed by atoms with Crippen LogP contribution in [0.5, 0.6) is 0 Å². The predicted octanol–water partition coefficient (Wildman–Crippen LogP) is 7.62. The van der Waals surface area contributed by atoms with Crippen LogP contribution in [-0.4, -0.2) is 127 Å². The van der Waals surface area contributed by atoms with Gasteiger partial charge in [-0.05, 0) is 67.2 Å². The number of rotatable bonds is 28. The van der Waals surface area contributed by atoms with E-state index in [1.807, 2.05) is 20.8 Å². The largest absolute Gasteiger partial charge is 0.463 e. The van der Waals surface area contributed by atoms with Gasteiger partial charge in [-0.15, -0.1) is 0 Å². The Morgan fingerprint density at radius 1 is 0.538 bits per heavy atom. The van der Waals surface area contributed by atoms with Crippen LogP contribution in [0.1, 0.15) is 185 Å². The number of aliphatic hydroxyl groups is 1. The van der Waals surface area contributed by atoms with E-state index in [0.29, 0.717) is 25.7 Å². The molecule has 0 aromatic carbocycles. The standard InChI is InChI=1S/C48H82O17/c1-11-15-19-20-24-28-36(52)59-43-39(58-35(51)27-23-18-14-4)37(57-34(50)26-22-17-13-3)31(29-54-33(49)25-21-16-12-2)56-45(43)60-44(53)42-41(64-48(9,10)65-42)40-38(62-47(7,8)63-40)32-30-55-46(5,6)61-32/h31-32,37-45,53H,11-30H2,1-10H3/t31-,32+,37-,38-,39+,40+,41+,42-,43+,44?,45+/m1/s1. The topological polar surface area (TPSA) is 199 Å². The molecule has 4 rings (SSSR count). The fourth-order valence-corrected chi connectivity index (χ4v) is 8.58. The van der Waals surface area contributed by atoms with Gasteiger partial charge in [-0.1, -0.05) is 91.9 Å². The van der Waals surface area contributed by atoms with Crippen LogP contribution in [0.3, 0.4) is 0 Å². The molecule has 4 fully saturated rings. The number of ether oxygens (including phenoxy) is 12. The predicted molar refractivity (Wildman–Crippen MR) is 235 cm³/mol. The molecule has 0 saturated carbocycles. The fraction of sp³-hybridized carbons (Fsp3) is 0.917. The van der Waals surface area contributed by atoms with Gasteiger partial charge in [0.15, 0.2) is 42.0 Å². The summed E-state index contributed by atoms with van der Waals surface area (Å²) in [6.45, 7) is 18.4. The molecule has 1 N–H and O–H groups in total. The van der Waals surface area contributed by atoms with Crippen LogP contribution in [0.4, 0.5) is 0 Å². The highest BCUT2D eigenvalue weighted by Crippen LogP contribution is 2.43. The summed E-state index contributed by atoms with van der Waals surface area (Å²) in [4.78, 5) is 54.0. The molecule has 11 atom stereocenters. The van der Waals surface area contributed by atoms with E-state index < -0.39 is 115 Å². The smallest absolute Gasteiger partial charge is 0.306 e. The molecule has 4 aliphatic rings. The molecule has 4 heterocycles. The molecule has 0 radical (unpaired) electrons. The molecule has 65 heavy (non-hydrogen) atoms. The highest BCUT2D eigenvalue weighted by atomic mass is 16.8. The van der Waals surface area contributed by atoms with Crippen molar-refractivity contribution in [1.82, 2.24) is 0 Å². The quantitative estimate of drug-likeness (QED) is 0.0347. The van der Waals surface area contributed by atoms with Crippen LogP contribution >= 0.6 is 0 Å². The van der Waals surface area contributed by atoms with Crippen molar-refractivity contribution in [2.75, 3.05) is 13.2 Å². The number of carbonyl (C=O) groups is 4. The van der Waals surface area contributed by atoms with Gasteiger partial charge in [-0.3, -0.25) is 19.2 Å². The van der Waals surface area contributed by atoms with E-state index in [1.54, 1.807) is 41.5 Å². The number of esters is 4. The van der Waals surface area contributed by atoms with Gasteiger partial charge in [0.2, 0.25) is 6.29 Å². The van der Waals surface area contributed by atoms with E-state index in [-0.39, 0.29) is 32.3 Å². The second-order valence-electron chi connectivity index (χ2n) is 19.1. The highest BCUT2D eigenvalue weighted by Gasteiger charge is 2.60. The highest BCUT2D eigenvalue weighted by molar-refractivity contribution is 5.72. The second kappa shape index (κ2) is 26.3. The molecule has 4 aliphatic heterocycles. The second-order valence-corrected chi connectivity index (χ2v) is 19.1. The van der Waals surface area contributed by atoms with Crippen LogP contribution in [-0.2, 0) is 76.0 Å². The Morgan fingerprint density at radius 3 is 1.55 bits per heavy atom. The Morgan fingerprint density at radius 2 is 1.00 bits per heavy atom. The Kier molecular flexibility index (Phi) is 22.3. The molecule has 17 heteroatoms. The number of unbranched alkanes of at least 4 members (excludes halogenated alkanes) is 10. The first-order valence-electron chi connectivity index (χ1n) is 24.6. The first kappa shape index (κ1) is 55.1. The maximum Gasteiger partial charge on any atom is 0.306 e. The van der Waals surface area contributed by atoms with E-state index in [2.05, 4.69) is 6.92 Å². The summed E-state index contributed by atoms with van der Waals surface area (Å²) in [5, 5.41) is 12.2. The maximum atomic E-state index is 13.8. The van der Waals surface area contributed by atoms with Gasteiger partial charge in [0.25, 0.3) is 0 Å². The van der Waals surface area contributed by atoms with Crippen molar-refractivity contribution in [3.05, 3.63) is 0 Å². The number of hydrogen-bond donors (Lipinski definition) is 1. The first-order valence-corrected chi connectivity index (χ1v) is 24.6. The minimum Gasteiger partial charge on any atom is -0.463 e. The van der Waals surface area contributed by atoms with E-state index in [1.165, 1.54) is 0 Å². The molecule has 0 spiro atoms. The lowest BCUT2D eigenvalue weighted by Crippen LogP contribution is -2.64. The van der Waals surface area contributed by atoms with Crippen LogP contribution in [0.15, 0.2) is 0 Å². The Labute approximate surface area is 387 Å². The fourth-order valence-electron chi connectivity index (χ4n) is 8.58. The van der Waals surface area contributed by atoms with Gasteiger partial charge in [0, 0.05) is 25.7 Å². The number of carbonyl (C=O) groups excluding carboxylic acids is 4. The van der Waals surface area contributed by atoms with Gasteiger partial charge >= 0.3 is 23.9 Å². The normalized spacial score (nSPS) is 30.8. The Bertz CT molecular complexity index is 1470. The number of aliphatic hydroxyl groups excluding tert-OH is 1. The van der Waals surface area contributed by atoms with Crippen molar-refractivity contribution in [3.63, 3.8) is 0 Å². The van der Waals surface area contributed by atoms with E-state index in [9.17, 15) is 24.3 Å². The monoisotopic (exact) mass is 931 g/mol. The van der Waals surface area contributed by atoms with Crippen LogP contribution in [0, 0.1) is 0 Å². The van der Waals surface area contributed by atoms with Crippen molar-refractivity contribution in [2.24, 2.45) is 0 Å². The summed E-state index contributed by atoms with van der Waals surface area (Å²) in [5.74, 6) is -5.59. The molecule has 0 amide bonds. The van der Waals surface area contributed by atoms with Crippen molar-refractivity contribution < 1.29 is 81.1 Å². The van der Waals surface area contributed by atoms with E-state index in [0.717, 1.165) is 64.2 Å². The number of hydrogen-bond acceptors (Lipinski definition) is 17. The Hall–Kier alpha value is -2.48. The SMILES string of the molecule is CCCCCCCC(=O)O[C@@H]1[C@H](OC(O)[C@@H]2OC(C)(C)O[C@H]2[C@H]2OC(C)(C)O[C@@H]2[C@@H]2COC(C)(C)O2)O[C@H](COC(=O)CCCCC)[C@@H](OC(=O)CCCCC)[C@@H]1OC(=O)CCCCC. The molecular weight excluding hydrogens is 849 g/mol. The van der Waals surface area contributed by atoms with Crippen LogP contribution < -0.4 is 0 Å². The summed E-state index contributed by atoms with van der Waals surface area (Å²) in [7, 11) is 0. The summed E-state index contributed by atoms with van der Waals surface area (Å²) in [6.07, 6.45) is -2.49. The lowest BCUT2D eigenvalue weighted by atomic mass is 9.97. The molecule has 0 aromatic heterocycles. The van der Waals surface area contributed by atoms with Crippen molar-refractivity contribution in [3.8, 4) is 0 Å². The summed E-state index contributed by atoms with van der Waals surface area (Å²) >= 11 is 0. The van der Waals surface area contributed by atoms with Crippen molar-refractivity contribution in [1.29, 1.82) is 0 Å².